The SMILES string of the molecule is C=CCNc1nnc(SCC(=O)NC[C@@H]2COc3ccccc3O2)s1. The lowest BCUT2D eigenvalue weighted by atomic mass is 10.2. The summed E-state index contributed by atoms with van der Waals surface area (Å²) in [5.41, 5.74) is 0. The number of amides is 1. The summed E-state index contributed by atoms with van der Waals surface area (Å²) in [5, 5.41) is 14.7. The Morgan fingerprint density at radius 1 is 1.40 bits per heavy atom. The van der Waals surface area contributed by atoms with Gasteiger partial charge in [0, 0.05) is 6.54 Å². The maximum atomic E-state index is 12.0. The molecule has 0 saturated heterocycles. The van der Waals surface area contributed by atoms with Crippen LogP contribution < -0.4 is 20.1 Å². The Bertz CT molecular complexity index is 738. The molecule has 2 N–H and O–H groups in total. The monoisotopic (exact) mass is 378 g/mol. The number of hydrogen-bond acceptors (Lipinski definition) is 8. The molecule has 132 valence electrons. The van der Waals surface area contributed by atoms with Crippen molar-refractivity contribution in [2.45, 2.75) is 10.4 Å². The minimum absolute atomic E-state index is 0.0803. The summed E-state index contributed by atoms with van der Waals surface area (Å²) in [6.07, 6.45) is 1.55. The highest BCUT2D eigenvalue weighted by atomic mass is 32.2. The van der Waals surface area contributed by atoms with Crippen LogP contribution in [0.5, 0.6) is 11.5 Å². The van der Waals surface area contributed by atoms with E-state index in [0.717, 1.165) is 10.1 Å². The first kappa shape index (κ1) is 17.6. The first-order valence-electron chi connectivity index (χ1n) is 7.71. The number of nitrogens with zero attached hydrogens (tertiary/aromatic N) is 2. The molecular formula is C16H18N4O3S2. The second-order valence-corrected chi connectivity index (χ2v) is 7.33. The molecule has 0 unspecified atom stereocenters. The number of fused-ring (bicyclic) bond motifs is 1. The van der Waals surface area contributed by atoms with Gasteiger partial charge in [0.1, 0.15) is 12.7 Å². The van der Waals surface area contributed by atoms with E-state index in [1.165, 1.54) is 23.1 Å². The van der Waals surface area contributed by atoms with Gasteiger partial charge < -0.3 is 20.1 Å². The lowest BCUT2D eigenvalue weighted by Gasteiger charge is -2.26. The molecule has 2 aromatic rings. The Balaban J connectivity index is 1.38. The number of para-hydroxylation sites is 2. The largest absolute Gasteiger partial charge is 0.486 e. The molecule has 0 aliphatic carbocycles. The van der Waals surface area contributed by atoms with E-state index in [1.807, 2.05) is 24.3 Å². The highest BCUT2D eigenvalue weighted by molar-refractivity contribution is 8.01. The number of nitrogens with one attached hydrogen (secondary N) is 2. The maximum Gasteiger partial charge on any atom is 0.230 e. The minimum atomic E-state index is -0.194. The molecule has 1 aromatic heterocycles. The second-order valence-electron chi connectivity index (χ2n) is 5.13. The van der Waals surface area contributed by atoms with Crippen LogP contribution >= 0.6 is 23.1 Å². The average molecular weight is 378 g/mol. The minimum Gasteiger partial charge on any atom is -0.486 e. The van der Waals surface area contributed by atoms with Crippen LogP contribution in [0.2, 0.25) is 0 Å². The first-order chi connectivity index (χ1) is 12.2. The van der Waals surface area contributed by atoms with Gasteiger partial charge in [-0.25, -0.2) is 0 Å². The third kappa shape index (κ3) is 5.10. The fourth-order valence-corrected chi connectivity index (χ4v) is 3.66. The predicted molar refractivity (Wildman–Crippen MR) is 98.7 cm³/mol. The normalized spacial score (nSPS) is 15.4. The molecule has 0 spiro atoms. The summed E-state index contributed by atoms with van der Waals surface area (Å²) in [7, 11) is 0. The maximum absolute atomic E-state index is 12.0. The van der Waals surface area contributed by atoms with Crippen molar-refractivity contribution in [2.24, 2.45) is 0 Å². The molecule has 0 fully saturated rings. The standard InChI is InChI=1S/C16H18N4O3S2/c1-2-7-17-15-19-20-16(25-15)24-10-14(21)18-8-11-9-22-12-5-3-4-6-13(12)23-11/h2-6,11H,1,7-10H2,(H,17,19)(H,18,21)/t11-/m1/s1. The van der Waals surface area contributed by atoms with Gasteiger partial charge in [0.15, 0.2) is 15.8 Å². The summed E-state index contributed by atoms with van der Waals surface area (Å²) >= 11 is 2.76. The van der Waals surface area contributed by atoms with Crippen molar-refractivity contribution < 1.29 is 14.3 Å². The molecule has 0 radical (unpaired) electrons. The third-order valence-electron chi connectivity index (χ3n) is 3.23. The molecule has 1 aliphatic heterocycles. The van der Waals surface area contributed by atoms with Gasteiger partial charge >= 0.3 is 0 Å². The fraction of sp³-hybridized carbons (Fsp3) is 0.312. The number of thioether (sulfide) groups is 1. The number of carbonyl (C=O) groups excluding carboxylic acids is 1. The number of aromatic nitrogens is 2. The van der Waals surface area contributed by atoms with Gasteiger partial charge in [-0.1, -0.05) is 41.3 Å². The molecule has 1 amide bonds. The van der Waals surface area contributed by atoms with Crippen molar-refractivity contribution in [3.05, 3.63) is 36.9 Å². The van der Waals surface area contributed by atoms with E-state index in [-0.39, 0.29) is 17.8 Å². The number of benzene rings is 1. The van der Waals surface area contributed by atoms with Gasteiger partial charge in [-0.05, 0) is 12.1 Å². The van der Waals surface area contributed by atoms with E-state index in [2.05, 4.69) is 27.4 Å². The van der Waals surface area contributed by atoms with E-state index in [9.17, 15) is 4.79 Å². The van der Waals surface area contributed by atoms with Crippen LogP contribution in [0.15, 0.2) is 41.3 Å². The first-order valence-corrected chi connectivity index (χ1v) is 9.51. The van der Waals surface area contributed by atoms with Crippen LogP contribution in [-0.4, -0.2) is 47.7 Å². The number of ether oxygens (including phenoxy) is 2. The van der Waals surface area contributed by atoms with Crippen molar-refractivity contribution in [2.75, 3.05) is 30.8 Å². The number of carbonyl (C=O) groups is 1. The summed E-state index contributed by atoms with van der Waals surface area (Å²) in [5.74, 6) is 1.64. The summed E-state index contributed by atoms with van der Waals surface area (Å²) in [6.45, 7) is 5.08. The van der Waals surface area contributed by atoms with E-state index < -0.39 is 0 Å². The molecule has 3 rings (SSSR count). The van der Waals surface area contributed by atoms with E-state index >= 15 is 0 Å². The van der Waals surface area contributed by atoms with Gasteiger partial charge in [-0.15, -0.1) is 16.8 Å². The van der Waals surface area contributed by atoms with Crippen LogP contribution in [0.3, 0.4) is 0 Å². The summed E-state index contributed by atoms with van der Waals surface area (Å²) < 4.78 is 12.2. The molecule has 7 nitrogen and oxygen atoms in total. The number of hydrogen-bond donors (Lipinski definition) is 2. The smallest absolute Gasteiger partial charge is 0.230 e. The molecular weight excluding hydrogens is 360 g/mol. The molecule has 1 aliphatic rings. The topological polar surface area (TPSA) is 85.4 Å². The zero-order valence-electron chi connectivity index (χ0n) is 13.4. The number of rotatable bonds is 8. The Morgan fingerprint density at radius 3 is 3.08 bits per heavy atom. The van der Waals surface area contributed by atoms with Gasteiger partial charge in [-0.3, -0.25) is 4.79 Å². The van der Waals surface area contributed by atoms with Gasteiger partial charge in [0.25, 0.3) is 0 Å². The molecule has 0 bridgehead atoms. The zero-order chi connectivity index (χ0) is 17.5. The summed E-state index contributed by atoms with van der Waals surface area (Å²) in [4.78, 5) is 12.0. The average Bonchev–Trinajstić information content (AvgIpc) is 3.10. The fourth-order valence-electron chi connectivity index (χ4n) is 2.07. The van der Waals surface area contributed by atoms with Crippen LogP contribution in [0.1, 0.15) is 0 Å². The van der Waals surface area contributed by atoms with Crippen molar-refractivity contribution in [3.63, 3.8) is 0 Å². The quantitative estimate of drug-likeness (QED) is 0.538. The van der Waals surface area contributed by atoms with Crippen LogP contribution in [0, 0.1) is 0 Å². The van der Waals surface area contributed by atoms with Crippen molar-refractivity contribution in [1.29, 1.82) is 0 Å². The van der Waals surface area contributed by atoms with Crippen LogP contribution in [-0.2, 0) is 4.79 Å². The molecule has 1 atom stereocenters. The molecule has 1 aromatic carbocycles. The van der Waals surface area contributed by atoms with Crippen molar-refractivity contribution in [3.8, 4) is 11.5 Å². The van der Waals surface area contributed by atoms with Gasteiger partial charge in [-0.2, -0.15) is 0 Å². The predicted octanol–water partition coefficient (Wildman–Crippen LogP) is 2.18. The summed E-state index contributed by atoms with van der Waals surface area (Å²) in [6, 6.07) is 7.50. The van der Waals surface area contributed by atoms with E-state index in [4.69, 9.17) is 9.47 Å². The Hall–Kier alpha value is -2.26. The molecule has 0 saturated carbocycles. The number of anilines is 1. The zero-order valence-corrected chi connectivity index (χ0v) is 15.1. The lowest BCUT2D eigenvalue weighted by Crippen LogP contribution is -2.41. The van der Waals surface area contributed by atoms with Gasteiger partial charge in [0.2, 0.25) is 11.0 Å². The highest BCUT2D eigenvalue weighted by Gasteiger charge is 2.21. The Kier molecular flexibility index (Phi) is 6.13. The van der Waals surface area contributed by atoms with E-state index in [0.29, 0.717) is 30.6 Å². The highest BCUT2D eigenvalue weighted by Crippen LogP contribution is 2.30. The van der Waals surface area contributed by atoms with E-state index in [1.54, 1.807) is 6.08 Å². The molecule has 2 heterocycles. The second kappa shape index (κ2) is 8.72. The van der Waals surface area contributed by atoms with Gasteiger partial charge in [0.05, 0.1) is 12.3 Å². The van der Waals surface area contributed by atoms with Crippen molar-refractivity contribution in [1.82, 2.24) is 15.5 Å². The third-order valence-corrected chi connectivity index (χ3v) is 5.24. The molecule has 25 heavy (non-hydrogen) atoms. The van der Waals surface area contributed by atoms with Crippen LogP contribution in [0.4, 0.5) is 5.13 Å². The Labute approximate surface area is 153 Å². The van der Waals surface area contributed by atoms with Crippen LogP contribution in [0.25, 0.3) is 0 Å². The Morgan fingerprint density at radius 2 is 2.24 bits per heavy atom. The van der Waals surface area contributed by atoms with Crippen molar-refractivity contribution >= 4 is 34.1 Å². The molecule has 9 heteroatoms. The lowest BCUT2D eigenvalue weighted by molar-refractivity contribution is -0.119.